The first kappa shape index (κ1) is 29.1. The number of sulfonamides is 1. The van der Waals surface area contributed by atoms with Crippen molar-refractivity contribution in [3.63, 3.8) is 0 Å². The lowest BCUT2D eigenvalue weighted by Crippen LogP contribution is -2.38. The molecule has 0 saturated carbocycles. The summed E-state index contributed by atoms with van der Waals surface area (Å²) in [6.45, 7) is 4.14. The molecule has 0 atom stereocenters. The Bertz CT molecular complexity index is 1340. The first-order valence-electron chi connectivity index (χ1n) is 12.4. The molecule has 10 heteroatoms. The van der Waals surface area contributed by atoms with Gasteiger partial charge in [-0.05, 0) is 68.1 Å². The summed E-state index contributed by atoms with van der Waals surface area (Å²) in [7, 11) is -4.14. The Morgan fingerprint density at radius 3 is 2.32 bits per heavy atom. The van der Waals surface area contributed by atoms with Crippen LogP contribution >= 0.6 is 11.8 Å². The van der Waals surface area contributed by atoms with Crippen molar-refractivity contribution in [1.29, 1.82) is 0 Å². The maximum Gasteiger partial charge on any atom is 0.264 e. The minimum absolute atomic E-state index is 0.0464. The molecular weight excluding hydrogens is 522 g/mol. The van der Waals surface area contributed by atoms with Crippen LogP contribution in [0.25, 0.3) is 0 Å². The van der Waals surface area contributed by atoms with Crippen LogP contribution in [0.15, 0.2) is 82.6 Å². The molecule has 0 aliphatic heterocycles. The molecule has 0 bridgehead atoms. The largest absolute Gasteiger partial charge is 0.492 e. The van der Waals surface area contributed by atoms with Crippen molar-refractivity contribution in [2.45, 2.75) is 36.5 Å². The lowest BCUT2D eigenvalue weighted by atomic mass is 10.1. The standard InChI is InChI=1S/C28H33N3O5S2/c1-4-6-19-29-28(33)23-11-7-8-12-24(23)30-27(32)20-31(25-13-9-10-14-26(25)36-5-2)38(34,35)22-17-15-21(37-3)16-18-22/h7-18H,4-6,19-20H2,1-3H3,(H,29,33)(H,30,32). The van der Waals surface area contributed by atoms with E-state index in [-0.39, 0.29) is 16.5 Å². The summed E-state index contributed by atoms with van der Waals surface area (Å²) in [6.07, 6.45) is 3.68. The van der Waals surface area contributed by atoms with E-state index in [9.17, 15) is 18.0 Å². The summed E-state index contributed by atoms with van der Waals surface area (Å²) in [4.78, 5) is 26.9. The number of carbonyl (C=O) groups is 2. The number of nitrogens with zero attached hydrogens (tertiary/aromatic N) is 1. The SMILES string of the molecule is CCCCNC(=O)c1ccccc1NC(=O)CN(c1ccccc1OCC)S(=O)(=O)c1ccc(SC)cc1. The van der Waals surface area contributed by atoms with Gasteiger partial charge in [0.15, 0.2) is 0 Å². The zero-order valence-electron chi connectivity index (χ0n) is 21.8. The average Bonchev–Trinajstić information content (AvgIpc) is 2.92. The van der Waals surface area contributed by atoms with E-state index < -0.39 is 22.5 Å². The first-order valence-corrected chi connectivity index (χ1v) is 15.0. The van der Waals surface area contributed by atoms with Crippen LogP contribution in [-0.2, 0) is 14.8 Å². The third-order valence-corrected chi connectivity index (χ3v) is 8.15. The van der Waals surface area contributed by atoms with Crippen molar-refractivity contribution in [2.24, 2.45) is 0 Å². The van der Waals surface area contributed by atoms with Gasteiger partial charge in [-0.25, -0.2) is 8.42 Å². The second-order valence-electron chi connectivity index (χ2n) is 8.29. The fraction of sp³-hybridized carbons (Fsp3) is 0.286. The van der Waals surface area contributed by atoms with E-state index in [2.05, 4.69) is 10.6 Å². The van der Waals surface area contributed by atoms with E-state index >= 15 is 0 Å². The highest BCUT2D eigenvalue weighted by atomic mass is 32.2. The van der Waals surface area contributed by atoms with Crippen LogP contribution in [0.3, 0.4) is 0 Å². The monoisotopic (exact) mass is 555 g/mol. The molecule has 3 rings (SSSR count). The van der Waals surface area contributed by atoms with Crippen molar-refractivity contribution in [1.82, 2.24) is 5.32 Å². The van der Waals surface area contributed by atoms with Crippen molar-refractivity contribution in [3.8, 4) is 5.75 Å². The number of hydrogen-bond donors (Lipinski definition) is 2. The molecule has 0 fully saturated rings. The molecule has 0 heterocycles. The van der Waals surface area contributed by atoms with Gasteiger partial charge in [0.1, 0.15) is 12.3 Å². The predicted molar refractivity (Wildman–Crippen MR) is 153 cm³/mol. The molecule has 0 spiro atoms. The second kappa shape index (κ2) is 13.9. The Labute approximate surface area is 228 Å². The molecule has 8 nitrogen and oxygen atoms in total. The Morgan fingerprint density at radius 1 is 0.947 bits per heavy atom. The number of thioether (sulfide) groups is 1. The Hall–Kier alpha value is -3.50. The molecule has 2 amide bonds. The summed E-state index contributed by atoms with van der Waals surface area (Å²) >= 11 is 1.50. The number of rotatable bonds is 13. The quantitative estimate of drug-likeness (QED) is 0.223. The highest BCUT2D eigenvalue weighted by Crippen LogP contribution is 2.33. The number of anilines is 2. The molecule has 0 aromatic heterocycles. The van der Waals surface area contributed by atoms with Gasteiger partial charge < -0.3 is 15.4 Å². The number of ether oxygens (including phenoxy) is 1. The molecule has 0 aliphatic carbocycles. The van der Waals surface area contributed by atoms with Crippen LogP contribution in [0, 0.1) is 0 Å². The maximum absolute atomic E-state index is 13.8. The maximum atomic E-state index is 13.8. The van der Waals surface area contributed by atoms with E-state index in [0.29, 0.717) is 30.2 Å². The highest BCUT2D eigenvalue weighted by molar-refractivity contribution is 7.98. The Balaban J connectivity index is 1.95. The number of carbonyl (C=O) groups excluding carboxylic acids is 2. The second-order valence-corrected chi connectivity index (χ2v) is 11.0. The van der Waals surface area contributed by atoms with E-state index in [4.69, 9.17) is 4.74 Å². The number of benzene rings is 3. The molecule has 0 unspecified atom stereocenters. The normalized spacial score (nSPS) is 11.0. The molecular formula is C28H33N3O5S2. The minimum atomic E-state index is -4.14. The lowest BCUT2D eigenvalue weighted by Gasteiger charge is -2.26. The number of unbranched alkanes of at least 4 members (excludes halogenated alkanes) is 1. The smallest absolute Gasteiger partial charge is 0.264 e. The fourth-order valence-electron chi connectivity index (χ4n) is 3.70. The molecule has 0 radical (unpaired) electrons. The van der Waals surface area contributed by atoms with Crippen molar-refractivity contribution >= 4 is 45.0 Å². The molecule has 202 valence electrons. The van der Waals surface area contributed by atoms with Gasteiger partial charge in [-0.2, -0.15) is 0 Å². The zero-order valence-corrected chi connectivity index (χ0v) is 23.4. The number of para-hydroxylation sites is 3. The molecule has 3 aromatic carbocycles. The van der Waals surface area contributed by atoms with Gasteiger partial charge in [0.05, 0.1) is 28.4 Å². The topological polar surface area (TPSA) is 105 Å². The summed E-state index contributed by atoms with van der Waals surface area (Å²) in [5.74, 6) is -0.577. The van der Waals surface area contributed by atoms with E-state index in [0.717, 1.165) is 22.0 Å². The summed E-state index contributed by atoms with van der Waals surface area (Å²) < 4.78 is 34.4. The van der Waals surface area contributed by atoms with Crippen molar-refractivity contribution in [2.75, 3.05) is 35.6 Å². The van der Waals surface area contributed by atoms with Crippen molar-refractivity contribution < 1.29 is 22.7 Å². The molecule has 0 saturated heterocycles. The fourth-order valence-corrected chi connectivity index (χ4v) is 5.54. The van der Waals surface area contributed by atoms with Gasteiger partial charge >= 0.3 is 0 Å². The highest BCUT2D eigenvalue weighted by Gasteiger charge is 2.30. The number of nitrogens with one attached hydrogen (secondary N) is 2. The Morgan fingerprint density at radius 2 is 1.63 bits per heavy atom. The van der Waals surface area contributed by atoms with Gasteiger partial charge in [-0.15, -0.1) is 11.8 Å². The molecule has 38 heavy (non-hydrogen) atoms. The van der Waals surface area contributed by atoms with E-state index in [1.807, 2.05) is 13.2 Å². The van der Waals surface area contributed by atoms with Crippen LogP contribution in [0.5, 0.6) is 5.75 Å². The molecule has 3 aromatic rings. The van der Waals surface area contributed by atoms with Crippen LogP contribution in [0.2, 0.25) is 0 Å². The number of amides is 2. The Kier molecular flexibility index (Phi) is 10.6. The summed E-state index contributed by atoms with van der Waals surface area (Å²) in [5, 5.41) is 5.57. The lowest BCUT2D eigenvalue weighted by molar-refractivity contribution is -0.114. The van der Waals surface area contributed by atoms with E-state index in [1.54, 1.807) is 67.6 Å². The van der Waals surface area contributed by atoms with Gasteiger partial charge in [0.2, 0.25) is 5.91 Å². The summed E-state index contributed by atoms with van der Waals surface area (Å²) in [5.41, 5.74) is 0.837. The van der Waals surface area contributed by atoms with Gasteiger partial charge in [-0.1, -0.05) is 37.6 Å². The van der Waals surface area contributed by atoms with Gasteiger partial charge in [-0.3, -0.25) is 13.9 Å². The van der Waals surface area contributed by atoms with Crippen LogP contribution in [-0.4, -0.2) is 46.2 Å². The van der Waals surface area contributed by atoms with Crippen molar-refractivity contribution in [3.05, 3.63) is 78.4 Å². The summed E-state index contributed by atoms with van der Waals surface area (Å²) in [6, 6.07) is 19.8. The van der Waals surface area contributed by atoms with Gasteiger partial charge in [0.25, 0.3) is 15.9 Å². The van der Waals surface area contributed by atoms with Crippen LogP contribution < -0.4 is 19.7 Å². The third kappa shape index (κ3) is 7.29. The van der Waals surface area contributed by atoms with E-state index in [1.165, 1.54) is 23.9 Å². The molecule has 0 aliphatic rings. The minimum Gasteiger partial charge on any atom is -0.492 e. The third-order valence-electron chi connectivity index (χ3n) is 5.63. The molecule has 2 N–H and O–H groups in total. The average molecular weight is 556 g/mol. The van der Waals surface area contributed by atoms with Crippen LogP contribution in [0.4, 0.5) is 11.4 Å². The number of hydrogen-bond acceptors (Lipinski definition) is 6. The van der Waals surface area contributed by atoms with Gasteiger partial charge in [0, 0.05) is 11.4 Å². The zero-order chi connectivity index (χ0) is 27.5. The first-order chi connectivity index (χ1) is 18.3. The predicted octanol–water partition coefficient (Wildman–Crippen LogP) is 5.17. The van der Waals surface area contributed by atoms with Crippen LogP contribution in [0.1, 0.15) is 37.0 Å².